The normalized spacial score (nSPS) is 14.2. The van der Waals surface area contributed by atoms with Gasteiger partial charge >= 0.3 is 0 Å². The van der Waals surface area contributed by atoms with Crippen LogP contribution in [0, 0.1) is 0 Å². The maximum atomic E-state index is 12.3. The average Bonchev–Trinajstić information content (AvgIpc) is 2.96. The van der Waals surface area contributed by atoms with E-state index in [2.05, 4.69) is 10.5 Å². The van der Waals surface area contributed by atoms with Crippen molar-refractivity contribution in [1.82, 2.24) is 5.43 Å². The molecule has 11 heteroatoms. The smallest absolute Gasteiger partial charge is 0.277 e. The number of fused-ring (bicyclic) bond motifs is 1. The third-order valence-electron chi connectivity index (χ3n) is 6.09. The Bertz CT molecular complexity index is 1350. The van der Waals surface area contributed by atoms with Gasteiger partial charge in [0.15, 0.2) is 18.1 Å². The molecular weight excluding hydrogens is 528 g/mol. The SMILES string of the molecule is COc1cc(OCC(=O)N/N=C/c2ccc(Cl)c(O)c2)cc2c1CCC(c1cc(OC)c(OC)c(OC)c1)O2. The second-order valence-electron chi connectivity index (χ2n) is 8.50. The van der Waals surface area contributed by atoms with E-state index in [1.54, 1.807) is 46.6 Å². The number of carbonyl (C=O) groups excluding carboxylic acids is 1. The second-order valence-corrected chi connectivity index (χ2v) is 8.91. The molecule has 3 aromatic rings. The molecule has 1 aliphatic heterocycles. The number of rotatable bonds is 10. The van der Waals surface area contributed by atoms with Gasteiger partial charge in [0.05, 0.1) is 39.7 Å². The molecule has 1 amide bonds. The predicted molar refractivity (Wildman–Crippen MR) is 145 cm³/mol. The van der Waals surface area contributed by atoms with Gasteiger partial charge in [-0.1, -0.05) is 17.7 Å². The van der Waals surface area contributed by atoms with Crippen molar-refractivity contribution in [3.8, 4) is 40.2 Å². The summed E-state index contributed by atoms with van der Waals surface area (Å²) in [7, 11) is 6.26. The van der Waals surface area contributed by atoms with Gasteiger partial charge in [-0.2, -0.15) is 5.10 Å². The summed E-state index contributed by atoms with van der Waals surface area (Å²) in [5.41, 5.74) is 4.72. The van der Waals surface area contributed by atoms with E-state index in [-0.39, 0.29) is 23.5 Å². The fourth-order valence-electron chi connectivity index (χ4n) is 4.19. The van der Waals surface area contributed by atoms with Crippen LogP contribution in [-0.2, 0) is 11.2 Å². The summed E-state index contributed by atoms with van der Waals surface area (Å²) in [6, 6.07) is 11.8. The minimum Gasteiger partial charge on any atom is -0.506 e. The Hall–Kier alpha value is -4.31. The number of nitrogens with one attached hydrogen (secondary N) is 1. The van der Waals surface area contributed by atoms with Crippen LogP contribution in [0.2, 0.25) is 5.02 Å². The van der Waals surface area contributed by atoms with Crippen LogP contribution in [0.15, 0.2) is 47.6 Å². The number of phenolic OH excluding ortho intramolecular Hbond substituents is 1. The lowest BCUT2D eigenvalue weighted by Gasteiger charge is -2.29. The van der Waals surface area contributed by atoms with Gasteiger partial charge < -0.3 is 33.5 Å². The molecular formula is C28H29ClN2O8. The van der Waals surface area contributed by atoms with Crippen molar-refractivity contribution in [2.45, 2.75) is 18.9 Å². The first kappa shape index (κ1) is 27.7. The number of hydrogen-bond donors (Lipinski definition) is 2. The molecule has 1 unspecified atom stereocenters. The molecule has 206 valence electrons. The number of nitrogens with zero attached hydrogens (tertiary/aromatic N) is 1. The summed E-state index contributed by atoms with van der Waals surface area (Å²) in [6.45, 7) is -0.290. The van der Waals surface area contributed by atoms with Crippen LogP contribution >= 0.6 is 11.6 Å². The van der Waals surface area contributed by atoms with Gasteiger partial charge in [0, 0.05) is 17.7 Å². The Kier molecular flexibility index (Phi) is 8.88. The minimum atomic E-state index is -0.475. The lowest BCUT2D eigenvalue weighted by atomic mass is 9.96. The number of benzene rings is 3. The van der Waals surface area contributed by atoms with Gasteiger partial charge in [-0.05, 0) is 48.2 Å². The summed E-state index contributed by atoms with van der Waals surface area (Å²) in [4.78, 5) is 12.3. The zero-order chi connectivity index (χ0) is 27.9. The highest BCUT2D eigenvalue weighted by Crippen LogP contribution is 2.45. The van der Waals surface area contributed by atoms with Gasteiger partial charge in [0.1, 0.15) is 29.1 Å². The lowest BCUT2D eigenvalue weighted by Crippen LogP contribution is -2.24. The predicted octanol–water partition coefficient (Wildman–Crippen LogP) is 4.68. The van der Waals surface area contributed by atoms with E-state index < -0.39 is 5.91 Å². The quantitative estimate of drug-likeness (QED) is 0.273. The second kappa shape index (κ2) is 12.5. The molecule has 1 heterocycles. The Morgan fingerprint density at radius 3 is 2.41 bits per heavy atom. The van der Waals surface area contributed by atoms with Crippen LogP contribution in [0.5, 0.6) is 40.2 Å². The van der Waals surface area contributed by atoms with Crippen LogP contribution in [0.3, 0.4) is 0 Å². The lowest BCUT2D eigenvalue weighted by molar-refractivity contribution is -0.123. The number of carbonyl (C=O) groups is 1. The molecule has 4 rings (SSSR count). The molecule has 39 heavy (non-hydrogen) atoms. The number of amides is 1. The van der Waals surface area contributed by atoms with Crippen LogP contribution in [0.25, 0.3) is 0 Å². The van der Waals surface area contributed by atoms with Crippen LogP contribution in [-0.4, -0.2) is 52.3 Å². The van der Waals surface area contributed by atoms with Gasteiger partial charge in [0.2, 0.25) is 5.75 Å². The van der Waals surface area contributed by atoms with Crippen LogP contribution in [0.4, 0.5) is 0 Å². The van der Waals surface area contributed by atoms with Gasteiger partial charge in [-0.3, -0.25) is 4.79 Å². The van der Waals surface area contributed by atoms with Crippen molar-refractivity contribution < 1.29 is 38.3 Å². The fourth-order valence-corrected chi connectivity index (χ4v) is 4.31. The van der Waals surface area contributed by atoms with E-state index in [1.165, 1.54) is 18.3 Å². The maximum absolute atomic E-state index is 12.3. The molecule has 0 saturated carbocycles. The summed E-state index contributed by atoms with van der Waals surface area (Å²) in [5.74, 6) is 2.63. The van der Waals surface area contributed by atoms with E-state index in [0.29, 0.717) is 52.9 Å². The van der Waals surface area contributed by atoms with Crippen molar-refractivity contribution in [2.24, 2.45) is 5.10 Å². The minimum absolute atomic E-state index is 0.0774. The molecule has 3 aromatic carbocycles. The van der Waals surface area contributed by atoms with Crippen molar-refractivity contribution in [1.29, 1.82) is 0 Å². The van der Waals surface area contributed by atoms with Crippen molar-refractivity contribution in [3.05, 3.63) is 64.2 Å². The summed E-state index contributed by atoms with van der Waals surface area (Å²) < 4.78 is 34.0. The topological polar surface area (TPSA) is 117 Å². The molecule has 0 radical (unpaired) electrons. The first-order valence-electron chi connectivity index (χ1n) is 12.0. The number of aromatic hydroxyl groups is 1. The van der Waals surface area contributed by atoms with E-state index in [0.717, 1.165) is 11.1 Å². The van der Waals surface area contributed by atoms with Crippen LogP contribution in [0.1, 0.15) is 29.2 Å². The number of hydrogen-bond acceptors (Lipinski definition) is 9. The Balaban J connectivity index is 1.45. The zero-order valence-electron chi connectivity index (χ0n) is 21.9. The summed E-state index contributed by atoms with van der Waals surface area (Å²) in [5, 5.41) is 13.8. The zero-order valence-corrected chi connectivity index (χ0v) is 22.7. The number of ether oxygens (including phenoxy) is 6. The fraction of sp³-hybridized carbons (Fsp3) is 0.286. The summed E-state index contributed by atoms with van der Waals surface area (Å²) in [6.07, 6.45) is 2.51. The average molecular weight is 557 g/mol. The molecule has 1 aliphatic rings. The molecule has 0 saturated heterocycles. The third kappa shape index (κ3) is 6.40. The molecule has 0 aromatic heterocycles. The van der Waals surface area contributed by atoms with Gasteiger partial charge in [0.25, 0.3) is 5.91 Å². The standard InChI is InChI=1S/C28H29ClN2O8/c1-34-23-12-18(38-15-27(33)31-30-14-16-5-7-20(29)21(32)9-16)13-24-19(23)6-8-22(39-24)17-10-25(35-2)28(37-4)26(11-17)36-3/h5,7,9-14,22,32H,6,8,15H2,1-4H3,(H,31,33)/b30-14+. The first-order valence-corrected chi connectivity index (χ1v) is 12.3. The third-order valence-corrected chi connectivity index (χ3v) is 6.41. The monoisotopic (exact) mass is 556 g/mol. The van der Waals surface area contributed by atoms with Gasteiger partial charge in [-0.25, -0.2) is 5.43 Å². The number of halogens is 1. The number of methoxy groups -OCH3 is 4. The van der Waals surface area contributed by atoms with Crippen LogP contribution < -0.4 is 33.8 Å². The molecule has 0 fully saturated rings. The molecule has 0 aliphatic carbocycles. The number of hydrazone groups is 1. The molecule has 2 N–H and O–H groups in total. The molecule has 1 atom stereocenters. The molecule has 10 nitrogen and oxygen atoms in total. The maximum Gasteiger partial charge on any atom is 0.277 e. The van der Waals surface area contributed by atoms with Crippen molar-refractivity contribution in [2.75, 3.05) is 35.0 Å². The molecule has 0 bridgehead atoms. The molecule has 0 spiro atoms. The number of phenols is 1. The largest absolute Gasteiger partial charge is 0.506 e. The van der Waals surface area contributed by atoms with E-state index in [9.17, 15) is 9.90 Å². The van der Waals surface area contributed by atoms with Crippen molar-refractivity contribution in [3.63, 3.8) is 0 Å². The van der Waals surface area contributed by atoms with E-state index in [4.69, 9.17) is 40.0 Å². The first-order chi connectivity index (χ1) is 18.9. The van der Waals surface area contributed by atoms with E-state index >= 15 is 0 Å². The Labute approximate surface area is 231 Å². The Morgan fingerprint density at radius 2 is 1.77 bits per heavy atom. The Morgan fingerprint density at radius 1 is 1.05 bits per heavy atom. The highest BCUT2D eigenvalue weighted by Gasteiger charge is 2.27. The van der Waals surface area contributed by atoms with Crippen molar-refractivity contribution >= 4 is 23.7 Å². The highest BCUT2D eigenvalue weighted by atomic mass is 35.5. The summed E-state index contributed by atoms with van der Waals surface area (Å²) >= 11 is 5.79. The van der Waals surface area contributed by atoms with E-state index in [1.807, 2.05) is 12.1 Å². The highest BCUT2D eigenvalue weighted by molar-refractivity contribution is 6.32. The van der Waals surface area contributed by atoms with Gasteiger partial charge in [-0.15, -0.1) is 0 Å².